The van der Waals surface area contributed by atoms with Crippen LogP contribution in [0.3, 0.4) is 0 Å². The van der Waals surface area contributed by atoms with Gasteiger partial charge in [-0.15, -0.1) is 0 Å². The van der Waals surface area contributed by atoms with E-state index in [9.17, 15) is 4.79 Å². The van der Waals surface area contributed by atoms with Crippen molar-refractivity contribution in [2.24, 2.45) is 5.73 Å². The Bertz CT molecular complexity index is 527. The van der Waals surface area contributed by atoms with E-state index in [1.807, 2.05) is 12.1 Å². The molecule has 116 valence electrons. The first-order chi connectivity index (χ1) is 10.1. The van der Waals surface area contributed by atoms with Crippen LogP contribution in [-0.2, 0) is 11.2 Å². The number of carbonyl (C=O) groups excluding carboxylic acids is 1. The average molecular weight is 294 g/mol. The molecule has 0 aliphatic heterocycles. The molecule has 0 unspecified atom stereocenters. The van der Waals surface area contributed by atoms with Crippen LogP contribution in [0, 0.1) is 0 Å². The molecule has 6 heteroatoms. The Balaban J connectivity index is 2.04. The van der Waals surface area contributed by atoms with Gasteiger partial charge in [0.05, 0.1) is 26.9 Å². The van der Waals surface area contributed by atoms with Gasteiger partial charge in [0.1, 0.15) is 0 Å². The summed E-state index contributed by atoms with van der Waals surface area (Å²) >= 11 is 0. The molecule has 2 rings (SSSR count). The van der Waals surface area contributed by atoms with Crippen LogP contribution < -0.4 is 25.3 Å². The zero-order valence-electron chi connectivity index (χ0n) is 12.7. The van der Waals surface area contributed by atoms with Crippen molar-refractivity contribution in [2.45, 2.75) is 24.8 Å². The van der Waals surface area contributed by atoms with Crippen molar-refractivity contribution in [1.82, 2.24) is 5.32 Å². The smallest absolute Gasteiger partial charge is 0.240 e. The van der Waals surface area contributed by atoms with Crippen molar-refractivity contribution in [3.63, 3.8) is 0 Å². The van der Waals surface area contributed by atoms with Gasteiger partial charge >= 0.3 is 0 Å². The third-order valence-corrected chi connectivity index (χ3v) is 3.71. The molecule has 6 nitrogen and oxygen atoms in total. The Morgan fingerprint density at radius 2 is 1.86 bits per heavy atom. The molecule has 0 aromatic heterocycles. The van der Waals surface area contributed by atoms with Crippen LogP contribution in [0.2, 0.25) is 0 Å². The first-order valence-electron chi connectivity index (χ1n) is 6.90. The van der Waals surface area contributed by atoms with Gasteiger partial charge in [0.25, 0.3) is 0 Å². The van der Waals surface area contributed by atoms with Crippen molar-refractivity contribution in [1.29, 1.82) is 0 Å². The molecule has 1 aromatic carbocycles. The van der Waals surface area contributed by atoms with Gasteiger partial charge in [0.15, 0.2) is 11.5 Å². The highest BCUT2D eigenvalue weighted by atomic mass is 16.5. The molecule has 1 aliphatic rings. The maximum absolute atomic E-state index is 11.8. The van der Waals surface area contributed by atoms with Gasteiger partial charge < -0.3 is 25.3 Å². The van der Waals surface area contributed by atoms with Crippen LogP contribution in [0.1, 0.15) is 18.4 Å². The number of ether oxygens (including phenoxy) is 3. The Labute approximate surface area is 124 Å². The van der Waals surface area contributed by atoms with Gasteiger partial charge in [-0.05, 0) is 25.3 Å². The summed E-state index contributed by atoms with van der Waals surface area (Å²) < 4.78 is 16.0. The predicted molar refractivity (Wildman–Crippen MR) is 79.0 cm³/mol. The number of benzene rings is 1. The van der Waals surface area contributed by atoms with Crippen LogP contribution >= 0.6 is 0 Å². The Morgan fingerprint density at radius 1 is 1.19 bits per heavy atom. The highest BCUT2D eigenvalue weighted by molar-refractivity contribution is 5.88. The van der Waals surface area contributed by atoms with E-state index >= 15 is 0 Å². The molecule has 0 radical (unpaired) electrons. The molecule has 1 saturated carbocycles. The first kappa shape index (κ1) is 15.4. The van der Waals surface area contributed by atoms with Crippen molar-refractivity contribution in [3.8, 4) is 17.2 Å². The van der Waals surface area contributed by atoms with E-state index in [4.69, 9.17) is 19.9 Å². The topological polar surface area (TPSA) is 82.8 Å². The van der Waals surface area contributed by atoms with Gasteiger partial charge in [-0.2, -0.15) is 0 Å². The minimum Gasteiger partial charge on any atom is -0.493 e. The van der Waals surface area contributed by atoms with E-state index < -0.39 is 5.54 Å². The number of methoxy groups -OCH3 is 3. The molecule has 1 aliphatic carbocycles. The number of hydrogen-bond acceptors (Lipinski definition) is 5. The second-order valence-electron chi connectivity index (χ2n) is 5.16. The summed E-state index contributed by atoms with van der Waals surface area (Å²) in [6.07, 6.45) is 2.16. The predicted octanol–water partition coefficient (Wildman–Crippen LogP) is 0.862. The van der Waals surface area contributed by atoms with E-state index in [-0.39, 0.29) is 5.91 Å². The van der Waals surface area contributed by atoms with Gasteiger partial charge in [0.2, 0.25) is 11.7 Å². The molecule has 0 saturated heterocycles. The van der Waals surface area contributed by atoms with Crippen molar-refractivity contribution in [3.05, 3.63) is 17.7 Å². The molecule has 1 fully saturated rings. The van der Waals surface area contributed by atoms with Gasteiger partial charge in [-0.3, -0.25) is 4.79 Å². The summed E-state index contributed by atoms with van der Waals surface area (Å²) in [5.74, 6) is 1.71. The fourth-order valence-electron chi connectivity index (χ4n) is 2.21. The minimum absolute atomic E-state index is 0.0815. The molecule has 0 atom stereocenters. The fourth-order valence-corrected chi connectivity index (χ4v) is 2.21. The number of rotatable bonds is 7. The molecular formula is C15H22N2O4. The maximum Gasteiger partial charge on any atom is 0.240 e. The normalized spacial score (nSPS) is 15.2. The minimum atomic E-state index is -0.637. The lowest BCUT2D eigenvalue weighted by Crippen LogP contribution is -2.43. The monoisotopic (exact) mass is 294 g/mol. The molecule has 0 bridgehead atoms. The standard InChI is InChI=1S/C15H22N2O4/c1-19-11-5-4-10(12(20-2)13(11)21-3)6-9-17-14(18)15(16)7-8-15/h4-5H,6-9,16H2,1-3H3,(H,17,18). The SMILES string of the molecule is COc1ccc(CCNC(=O)C2(N)CC2)c(OC)c1OC. The third-order valence-electron chi connectivity index (χ3n) is 3.71. The van der Waals surface area contributed by atoms with Gasteiger partial charge in [-0.1, -0.05) is 6.07 Å². The van der Waals surface area contributed by atoms with Crippen molar-refractivity contribution >= 4 is 5.91 Å². The first-order valence-corrected chi connectivity index (χ1v) is 6.90. The van der Waals surface area contributed by atoms with Crippen LogP contribution in [0.5, 0.6) is 17.2 Å². The second-order valence-corrected chi connectivity index (χ2v) is 5.16. The van der Waals surface area contributed by atoms with Crippen LogP contribution in [0.15, 0.2) is 12.1 Å². The van der Waals surface area contributed by atoms with Crippen LogP contribution in [0.25, 0.3) is 0 Å². The summed E-state index contributed by atoms with van der Waals surface area (Å²) in [5, 5.41) is 2.86. The number of amides is 1. The molecule has 1 aromatic rings. The number of nitrogens with two attached hydrogens (primary N) is 1. The van der Waals surface area contributed by atoms with E-state index in [1.54, 1.807) is 21.3 Å². The quantitative estimate of drug-likeness (QED) is 0.779. The van der Waals surface area contributed by atoms with Gasteiger partial charge in [0, 0.05) is 12.1 Å². The summed E-state index contributed by atoms with van der Waals surface area (Å²) in [4.78, 5) is 11.8. The van der Waals surface area contributed by atoms with E-state index in [2.05, 4.69) is 5.32 Å². The summed E-state index contributed by atoms with van der Waals surface area (Å²) in [7, 11) is 4.73. The molecule has 1 amide bonds. The lowest BCUT2D eigenvalue weighted by atomic mass is 10.1. The highest BCUT2D eigenvalue weighted by Crippen LogP contribution is 2.39. The summed E-state index contributed by atoms with van der Waals surface area (Å²) in [5.41, 5.74) is 6.14. The molecule has 3 N–H and O–H groups in total. The zero-order chi connectivity index (χ0) is 15.5. The second kappa shape index (κ2) is 6.22. The molecule has 0 heterocycles. The van der Waals surface area contributed by atoms with E-state index in [0.29, 0.717) is 30.2 Å². The number of carbonyl (C=O) groups is 1. The molecular weight excluding hydrogens is 272 g/mol. The van der Waals surface area contributed by atoms with Crippen molar-refractivity contribution in [2.75, 3.05) is 27.9 Å². The molecule has 0 spiro atoms. The lowest BCUT2D eigenvalue weighted by molar-refractivity contribution is -0.123. The average Bonchev–Trinajstić information content (AvgIpc) is 3.25. The maximum atomic E-state index is 11.8. The van der Waals surface area contributed by atoms with Crippen molar-refractivity contribution < 1.29 is 19.0 Å². The fraction of sp³-hybridized carbons (Fsp3) is 0.533. The van der Waals surface area contributed by atoms with Crippen LogP contribution in [0.4, 0.5) is 0 Å². The summed E-state index contributed by atoms with van der Waals surface area (Å²) in [6.45, 7) is 0.504. The number of hydrogen-bond donors (Lipinski definition) is 2. The van der Waals surface area contributed by atoms with Crippen LogP contribution in [-0.4, -0.2) is 39.3 Å². The molecule has 21 heavy (non-hydrogen) atoms. The van der Waals surface area contributed by atoms with Gasteiger partial charge in [-0.25, -0.2) is 0 Å². The zero-order valence-corrected chi connectivity index (χ0v) is 12.7. The Morgan fingerprint density at radius 3 is 2.38 bits per heavy atom. The lowest BCUT2D eigenvalue weighted by Gasteiger charge is -2.16. The third kappa shape index (κ3) is 3.21. The van der Waals surface area contributed by atoms with E-state index in [1.165, 1.54) is 0 Å². The largest absolute Gasteiger partial charge is 0.493 e. The number of nitrogens with one attached hydrogen (secondary N) is 1. The Hall–Kier alpha value is -1.95. The van der Waals surface area contributed by atoms with E-state index in [0.717, 1.165) is 18.4 Å². The Kier molecular flexibility index (Phi) is 4.57. The summed E-state index contributed by atoms with van der Waals surface area (Å²) in [6, 6.07) is 3.73. The highest BCUT2D eigenvalue weighted by Gasteiger charge is 2.45.